The lowest BCUT2D eigenvalue weighted by atomic mass is 10.1. The molecule has 1 aromatic heterocycles. The van der Waals surface area contributed by atoms with E-state index in [0.29, 0.717) is 28.4 Å². The maximum atomic E-state index is 12.6. The highest BCUT2D eigenvalue weighted by Crippen LogP contribution is 2.23. The quantitative estimate of drug-likeness (QED) is 0.774. The summed E-state index contributed by atoms with van der Waals surface area (Å²) in [5, 5.41) is 12.5. The number of nitrogens with zero attached hydrogens (tertiary/aromatic N) is 3. The normalized spacial score (nSPS) is 11.4. The SMILES string of the molecule is Cc1nn(CC(F)(F)F)c(C)c1CC(=O)N(C)c1ccc(OCC(=O)O)cc1. The summed E-state index contributed by atoms with van der Waals surface area (Å²) < 4.78 is 43.8. The second-order valence-electron chi connectivity index (χ2n) is 6.23. The largest absolute Gasteiger partial charge is 0.482 e. The number of likely N-dealkylation sites (N-methyl/N-ethyl adjacent to an activating group) is 1. The molecule has 2 aromatic rings. The Kier molecular flexibility index (Phi) is 6.32. The molecule has 0 spiro atoms. The molecule has 0 radical (unpaired) electrons. The second-order valence-corrected chi connectivity index (χ2v) is 6.23. The number of aliphatic carboxylic acids is 1. The first-order chi connectivity index (χ1) is 13.0. The molecule has 7 nitrogen and oxygen atoms in total. The topological polar surface area (TPSA) is 84.7 Å². The number of carbonyl (C=O) groups excluding carboxylic acids is 1. The van der Waals surface area contributed by atoms with Crippen molar-refractivity contribution in [3.63, 3.8) is 0 Å². The molecular weight excluding hydrogens is 379 g/mol. The number of benzene rings is 1. The van der Waals surface area contributed by atoms with Crippen molar-refractivity contribution in [1.82, 2.24) is 9.78 Å². The Labute approximate surface area is 159 Å². The number of hydrogen-bond acceptors (Lipinski definition) is 4. The fourth-order valence-corrected chi connectivity index (χ4v) is 2.64. The molecule has 152 valence electrons. The summed E-state index contributed by atoms with van der Waals surface area (Å²) in [6.45, 7) is 1.39. The van der Waals surface area contributed by atoms with E-state index in [1.54, 1.807) is 26.1 Å². The van der Waals surface area contributed by atoms with Crippen LogP contribution in [-0.2, 0) is 22.6 Å². The number of aryl methyl sites for hydroxylation is 1. The van der Waals surface area contributed by atoms with Crippen LogP contribution < -0.4 is 9.64 Å². The summed E-state index contributed by atoms with van der Waals surface area (Å²) in [6.07, 6.45) is -4.49. The molecule has 2 rings (SSSR count). The summed E-state index contributed by atoms with van der Waals surface area (Å²) in [6, 6.07) is 6.23. The maximum Gasteiger partial charge on any atom is 0.408 e. The zero-order valence-electron chi connectivity index (χ0n) is 15.6. The summed E-state index contributed by atoms with van der Waals surface area (Å²) in [5.41, 5.74) is 1.67. The van der Waals surface area contributed by atoms with Crippen molar-refractivity contribution in [2.75, 3.05) is 18.6 Å². The van der Waals surface area contributed by atoms with Crippen LogP contribution >= 0.6 is 0 Å². The van der Waals surface area contributed by atoms with Crippen LogP contribution in [0.3, 0.4) is 0 Å². The highest BCUT2D eigenvalue weighted by molar-refractivity contribution is 5.94. The molecule has 0 fully saturated rings. The lowest BCUT2D eigenvalue weighted by Gasteiger charge is -2.18. The van der Waals surface area contributed by atoms with Gasteiger partial charge in [-0.05, 0) is 38.1 Å². The van der Waals surface area contributed by atoms with Gasteiger partial charge in [0.05, 0.1) is 12.1 Å². The molecule has 0 aliphatic rings. The zero-order valence-corrected chi connectivity index (χ0v) is 15.6. The molecule has 0 saturated heterocycles. The third kappa shape index (κ3) is 5.48. The molecule has 0 atom stereocenters. The van der Waals surface area contributed by atoms with E-state index in [4.69, 9.17) is 9.84 Å². The first kappa shape index (κ1) is 21.3. The van der Waals surface area contributed by atoms with Gasteiger partial charge in [-0.25, -0.2) is 4.79 Å². The van der Waals surface area contributed by atoms with E-state index in [-0.39, 0.29) is 12.3 Å². The fraction of sp³-hybridized carbons (Fsp3) is 0.389. The number of carboxylic acid groups (broad SMARTS) is 1. The number of anilines is 1. The van der Waals surface area contributed by atoms with Crippen molar-refractivity contribution in [2.24, 2.45) is 0 Å². The van der Waals surface area contributed by atoms with Crippen molar-refractivity contribution in [3.8, 4) is 5.75 Å². The molecule has 0 bridgehead atoms. The van der Waals surface area contributed by atoms with Crippen LogP contribution in [0.25, 0.3) is 0 Å². The maximum absolute atomic E-state index is 12.6. The van der Waals surface area contributed by atoms with E-state index in [9.17, 15) is 22.8 Å². The minimum absolute atomic E-state index is 0.0940. The Bertz CT molecular complexity index is 860. The molecule has 0 unspecified atom stereocenters. The minimum atomic E-state index is -4.40. The Morgan fingerprint density at radius 2 is 1.82 bits per heavy atom. The number of amides is 1. The number of aromatic nitrogens is 2. The van der Waals surface area contributed by atoms with Crippen LogP contribution in [0.4, 0.5) is 18.9 Å². The summed E-state index contributed by atoms with van der Waals surface area (Å²) >= 11 is 0. The lowest BCUT2D eigenvalue weighted by Crippen LogP contribution is -2.28. The predicted octanol–water partition coefficient (Wildman–Crippen LogP) is 2.73. The van der Waals surface area contributed by atoms with E-state index in [0.717, 1.165) is 4.68 Å². The van der Waals surface area contributed by atoms with Crippen molar-refractivity contribution < 1.29 is 32.6 Å². The minimum Gasteiger partial charge on any atom is -0.482 e. The lowest BCUT2D eigenvalue weighted by molar-refractivity contribution is -0.143. The van der Waals surface area contributed by atoms with Gasteiger partial charge in [-0.15, -0.1) is 0 Å². The van der Waals surface area contributed by atoms with Crippen molar-refractivity contribution >= 4 is 17.6 Å². The third-order valence-corrected chi connectivity index (χ3v) is 4.15. The fourth-order valence-electron chi connectivity index (χ4n) is 2.64. The molecule has 1 aromatic carbocycles. The van der Waals surface area contributed by atoms with E-state index in [2.05, 4.69) is 5.10 Å². The molecule has 1 heterocycles. The number of hydrogen-bond donors (Lipinski definition) is 1. The van der Waals surface area contributed by atoms with Crippen LogP contribution in [0.15, 0.2) is 24.3 Å². The monoisotopic (exact) mass is 399 g/mol. The van der Waals surface area contributed by atoms with Crippen molar-refractivity contribution in [2.45, 2.75) is 33.0 Å². The van der Waals surface area contributed by atoms with Gasteiger partial charge >= 0.3 is 12.1 Å². The van der Waals surface area contributed by atoms with Crippen molar-refractivity contribution in [1.29, 1.82) is 0 Å². The zero-order chi connectivity index (χ0) is 21.1. The molecule has 28 heavy (non-hydrogen) atoms. The van der Waals surface area contributed by atoms with Crippen LogP contribution in [0, 0.1) is 13.8 Å². The number of rotatable bonds is 7. The van der Waals surface area contributed by atoms with E-state index >= 15 is 0 Å². The Balaban J connectivity index is 2.09. The summed E-state index contributed by atoms with van der Waals surface area (Å²) in [7, 11) is 1.54. The van der Waals surface area contributed by atoms with Gasteiger partial charge < -0.3 is 14.7 Å². The predicted molar refractivity (Wildman–Crippen MR) is 94.4 cm³/mol. The van der Waals surface area contributed by atoms with Gasteiger partial charge in [-0.2, -0.15) is 18.3 Å². The van der Waals surface area contributed by atoms with E-state index in [1.807, 2.05) is 0 Å². The average molecular weight is 399 g/mol. The third-order valence-electron chi connectivity index (χ3n) is 4.15. The van der Waals surface area contributed by atoms with Gasteiger partial charge in [0.1, 0.15) is 12.3 Å². The van der Waals surface area contributed by atoms with Crippen LogP contribution in [0.1, 0.15) is 17.0 Å². The number of carbonyl (C=O) groups is 2. The number of halogens is 3. The van der Waals surface area contributed by atoms with Gasteiger partial charge in [0, 0.05) is 24.0 Å². The first-order valence-electron chi connectivity index (χ1n) is 8.29. The number of carboxylic acids is 1. The smallest absolute Gasteiger partial charge is 0.408 e. The van der Waals surface area contributed by atoms with Crippen molar-refractivity contribution in [3.05, 3.63) is 41.2 Å². The van der Waals surface area contributed by atoms with Gasteiger partial charge in [-0.3, -0.25) is 9.48 Å². The molecular formula is C18H20F3N3O4. The summed E-state index contributed by atoms with van der Waals surface area (Å²) in [5.74, 6) is -1.09. The number of ether oxygens (including phenoxy) is 1. The Morgan fingerprint density at radius 1 is 1.21 bits per heavy atom. The van der Waals surface area contributed by atoms with Gasteiger partial charge in [-0.1, -0.05) is 0 Å². The standard InChI is InChI=1S/C18H20F3N3O4/c1-11-15(12(2)24(22-11)10-18(19,20)21)8-16(25)23(3)13-4-6-14(7-5-13)28-9-17(26)27/h4-7H,8-10H2,1-3H3,(H,26,27). The van der Waals surface area contributed by atoms with E-state index in [1.165, 1.54) is 24.0 Å². The average Bonchev–Trinajstić information content (AvgIpc) is 2.85. The molecule has 10 heteroatoms. The van der Waals surface area contributed by atoms with Gasteiger partial charge in [0.25, 0.3) is 0 Å². The van der Waals surface area contributed by atoms with Gasteiger partial charge in [0.15, 0.2) is 6.61 Å². The second kappa shape index (κ2) is 8.32. The Hall–Kier alpha value is -3.04. The highest BCUT2D eigenvalue weighted by atomic mass is 19.4. The van der Waals surface area contributed by atoms with Crippen LogP contribution in [0.2, 0.25) is 0 Å². The van der Waals surface area contributed by atoms with Crippen LogP contribution in [0.5, 0.6) is 5.75 Å². The molecule has 0 saturated carbocycles. The molecule has 1 amide bonds. The number of alkyl halides is 3. The van der Waals surface area contributed by atoms with Crippen LogP contribution in [-0.4, -0.2) is 46.6 Å². The molecule has 0 aliphatic carbocycles. The Morgan fingerprint density at radius 3 is 2.36 bits per heavy atom. The van der Waals surface area contributed by atoms with Gasteiger partial charge in [0.2, 0.25) is 5.91 Å². The van der Waals surface area contributed by atoms with E-state index < -0.39 is 25.3 Å². The molecule has 0 aliphatic heterocycles. The summed E-state index contributed by atoms with van der Waals surface area (Å²) in [4.78, 5) is 24.4. The highest BCUT2D eigenvalue weighted by Gasteiger charge is 2.30. The molecule has 1 N–H and O–H groups in total. The first-order valence-corrected chi connectivity index (χ1v) is 8.29.